The summed E-state index contributed by atoms with van der Waals surface area (Å²) in [5.74, 6) is 0.629. The van der Waals surface area contributed by atoms with Crippen LogP contribution < -0.4 is 5.46 Å². The van der Waals surface area contributed by atoms with Crippen molar-refractivity contribution < 1.29 is 9.31 Å². The van der Waals surface area contributed by atoms with Gasteiger partial charge >= 0.3 is 7.12 Å². The third kappa shape index (κ3) is 4.13. The van der Waals surface area contributed by atoms with Crippen LogP contribution >= 0.6 is 0 Å². The molecule has 5 nitrogen and oxygen atoms in total. The quantitative estimate of drug-likeness (QED) is 0.257. The first-order valence-corrected chi connectivity index (χ1v) is 12.5. The second-order valence-corrected chi connectivity index (χ2v) is 11.3. The van der Waals surface area contributed by atoms with E-state index in [1.807, 2.05) is 12.4 Å². The Labute approximate surface area is 208 Å². The minimum Gasteiger partial charge on any atom is -0.399 e. The van der Waals surface area contributed by atoms with Gasteiger partial charge in [-0.05, 0) is 57.2 Å². The molecule has 35 heavy (non-hydrogen) atoms. The lowest BCUT2D eigenvalue weighted by Crippen LogP contribution is -2.41. The molecule has 3 aromatic heterocycles. The molecule has 0 aliphatic carbocycles. The van der Waals surface area contributed by atoms with Crippen molar-refractivity contribution in [3.8, 4) is 11.1 Å². The Hall–Kier alpha value is -2.83. The highest BCUT2D eigenvalue weighted by molar-refractivity contribution is 6.62. The molecule has 4 aromatic rings. The molecule has 0 unspecified atom stereocenters. The molecule has 5 rings (SSSR count). The molecule has 0 amide bonds. The molecule has 1 saturated heterocycles. The second-order valence-electron chi connectivity index (χ2n) is 11.3. The maximum atomic E-state index is 6.30. The molecule has 1 fully saturated rings. The summed E-state index contributed by atoms with van der Waals surface area (Å²) >= 11 is 0. The smallest absolute Gasteiger partial charge is 0.399 e. The first kappa shape index (κ1) is 23.9. The number of fused-ring (bicyclic) bond motifs is 3. The number of benzene rings is 1. The van der Waals surface area contributed by atoms with Gasteiger partial charge in [-0.3, -0.25) is 15.0 Å². The van der Waals surface area contributed by atoms with E-state index in [-0.39, 0.29) is 5.92 Å². The average molecular weight is 467 g/mol. The summed E-state index contributed by atoms with van der Waals surface area (Å²) in [6.07, 6.45) is 3.75. The number of hydrogen-bond donors (Lipinski definition) is 0. The van der Waals surface area contributed by atoms with Crippen LogP contribution in [0.5, 0.6) is 0 Å². The fraction of sp³-hybridized carbons (Fsp3) is 0.414. The highest BCUT2D eigenvalue weighted by Crippen LogP contribution is 2.37. The number of rotatable bonds is 4. The molecule has 1 aliphatic rings. The fourth-order valence-corrected chi connectivity index (χ4v) is 4.48. The van der Waals surface area contributed by atoms with Crippen LogP contribution in [0.25, 0.3) is 32.9 Å². The Morgan fingerprint density at radius 3 is 2.03 bits per heavy atom. The van der Waals surface area contributed by atoms with E-state index in [2.05, 4.69) is 96.8 Å². The van der Waals surface area contributed by atoms with E-state index >= 15 is 0 Å². The fourth-order valence-electron chi connectivity index (χ4n) is 4.48. The van der Waals surface area contributed by atoms with Gasteiger partial charge in [0.15, 0.2) is 0 Å². The van der Waals surface area contributed by atoms with Crippen LogP contribution in [0.15, 0.2) is 48.8 Å². The van der Waals surface area contributed by atoms with Gasteiger partial charge in [0.25, 0.3) is 0 Å². The second kappa shape index (κ2) is 8.39. The lowest BCUT2D eigenvalue weighted by Gasteiger charge is -2.32. The van der Waals surface area contributed by atoms with Crippen molar-refractivity contribution in [3.05, 3.63) is 60.2 Å². The minimum atomic E-state index is -0.457. The molecule has 0 radical (unpaired) electrons. The van der Waals surface area contributed by atoms with Crippen molar-refractivity contribution in [1.82, 2.24) is 15.0 Å². The predicted octanol–water partition coefficient (Wildman–Crippen LogP) is 6.39. The number of pyridine rings is 3. The van der Waals surface area contributed by atoms with Crippen LogP contribution in [0.1, 0.15) is 78.6 Å². The van der Waals surface area contributed by atoms with Gasteiger partial charge in [-0.25, -0.2) is 0 Å². The minimum absolute atomic E-state index is 0.279. The molecule has 6 heteroatoms. The first-order valence-electron chi connectivity index (χ1n) is 12.5. The highest BCUT2D eigenvalue weighted by atomic mass is 16.7. The van der Waals surface area contributed by atoms with Gasteiger partial charge in [0.2, 0.25) is 0 Å². The van der Waals surface area contributed by atoms with Gasteiger partial charge in [0.05, 0.1) is 22.2 Å². The summed E-state index contributed by atoms with van der Waals surface area (Å²) in [6, 6.07) is 12.9. The maximum absolute atomic E-state index is 6.30. The summed E-state index contributed by atoms with van der Waals surface area (Å²) < 4.78 is 12.6. The van der Waals surface area contributed by atoms with Gasteiger partial charge in [0, 0.05) is 45.6 Å². The third-order valence-electron chi connectivity index (χ3n) is 7.46. The van der Waals surface area contributed by atoms with E-state index in [1.165, 1.54) is 0 Å². The SMILES string of the molecule is CC(C)c1ccc2ccc3c(-c4cncc(B5OC(C)(C)C(C)(C)O5)c4)cc(C(C)C)nc3c2n1. The van der Waals surface area contributed by atoms with Gasteiger partial charge in [-0.2, -0.15) is 0 Å². The standard InChI is InChI=1S/C29H34BN3O2/c1-17(2)24-12-10-19-9-11-22-23(14-25(18(3)4)33-27(22)26(19)32-24)20-13-21(16-31-15-20)30-34-28(5,6)29(7,8)35-30/h9-18H,1-8H3. The van der Waals surface area contributed by atoms with Crippen LogP contribution in [-0.2, 0) is 9.31 Å². The monoisotopic (exact) mass is 467 g/mol. The summed E-state index contributed by atoms with van der Waals surface area (Å²) in [6.45, 7) is 17.0. The van der Waals surface area contributed by atoms with Crippen LogP contribution in [-0.4, -0.2) is 33.3 Å². The van der Waals surface area contributed by atoms with Crippen LogP contribution in [0.4, 0.5) is 0 Å². The maximum Gasteiger partial charge on any atom is 0.496 e. The normalized spacial score (nSPS) is 17.3. The highest BCUT2D eigenvalue weighted by Gasteiger charge is 2.51. The molecule has 4 heterocycles. The molecule has 1 aliphatic heterocycles. The van der Waals surface area contributed by atoms with Crippen LogP contribution in [0.2, 0.25) is 0 Å². The van der Waals surface area contributed by atoms with E-state index in [0.717, 1.165) is 49.8 Å². The van der Waals surface area contributed by atoms with Gasteiger partial charge in [-0.15, -0.1) is 0 Å². The van der Waals surface area contributed by atoms with Crippen molar-refractivity contribution in [2.24, 2.45) is 0 Å². The number of hydrogen-bond acceptors (Lipinski definition) is 5. The van der Waals surface area contributed by atoms with Gasteiger partial charge < -0.3 is 9.31 Å². The van der Waals surface area contributed by atoms with Crippen molar-refractivity contribution >= 4 is 34.4 Å². The Morgan fingerprint density at radius 2 is 1.37 bits per heavy atom. The molecule has 0 bridgehead atoms. The van der Waals surface area contributed by atoms with Crippen molar-refractivity contribution in [1.29, 1.82) is 0 Å². The Morgan fingerprint density at radius 1 is 0.743 bits per heavy atom. The summed E-state index contributed by atoms with van der Waals surface area (Å²) in [5, 5.41) is 2.17. The first-order chi connectivity index (χ1) is 16.5. The summed E-state index contributed by atoms with van der Waals surface area (Å²) in [4.78, 5) is 14.7. The van der Waals surface area contributed by atoms with Crippen LogP contribution in [0, 0.1) is 0 Å². The molecule has 0 spiro atoms. The molecule has 1 aromatic carbocycles. The van der Waals surface area contributed by atoms with Crippen molar-refractivity contribution in [2.45, 2.75) is 78.4 Å². The molecular weight excluding hydrogens is 433 g/mol. The summed E-state index contributed by atoms with van der Waals surface area (Å²) in [7, 11) is -0.457. The van der Waals surface area contributed by atoms with Gasteiger partial charge in [-0.1, -0.05) is 52.0 Å². The number of nitrogens with zero attached hydrogens (tertiary/aromatic N) is 3. The Bertz CT molecular complexity index is 1410. The Balaban J connectivity index is 1.70. The lowest BCUT2D eigenvalue weighted by molar-refractivity contribution is 0.00578. The Kier molecular flexibility index (Phi) is 5.73. The zero-order valence-corrected chi connectivity index (χ0v) is 22.0. The lowest BCUT2D eigenvalue weighted by atomic mass is 9.79. The molecular formula is C29H34BN3O2. The van der Waals surface area contributed by atoms with E-state index < -0.39 is 18.3 Å². The van der Waals surface area contributed by atoms with Crippen molar-refractivity contribution in [3.63, 3.8) is 0 Å². The van der Waals surface area contributed by atoms with E-state index in [0.29, 0.717) is 5.92 Å². The molecule has 0 saturated carbocycles. The molecule has 0 atom stereocenters. The molecule has 180 valence electrons. The zero-order valence-electron chi connectivity index (χ0n) is 22.0. The van der Waals surface area contributed by atoms with Crippen molar-refractivity contribution in [2.75, 3.05) is 0 Å². The third-order valence-corrected chi connectivity index (χ3v) is 7.46. The van der Waals surface area contributed by atoms with E-state index in [9.17, 15) is 0 Å². The van der Waals surface area contributed by atoms with E-state index in [4.69, 9.17) is 19.3 Å². The predicted molar refractivity (Wildman–Crippen MR) is 144 cm³/mol. The zero-order chi connectivity index (χ0) is 25.1. The topological polar surface area (TPSA) is 57.1 Å². The average Bonchev–Trinajstić information content (AvgIpc) is 3.04. The van der Waals surface area contributed by atoms with Crippen LogP contribution in [0.3, 0.4) is 0 Å². The molecule has 0 N–H and O–H groups in total. The van der Waals surface area contributed by atoms with E-state index in [1.54, 1.807) is 0 Å². The largest absolute Gasteiger partial charge is 0.496 e. The summed E-state index contributed by atoms with van der Waals surface area (Å²) in [5.41, 5.74) is 6.23. The van der Waals surface area contributed by atoms with Gasteiger partial charge in [0.1, 0.15) is 0 Å². The number of aromatic nitrogens is 3.